The molecule has 7 heteroatoms. The normalized spacial score (nSPS) is 25.1. The summed E-state index contributed by atoms with van der Waals surface area (Å²) in [5.74, 6) is -0.269. The van der Waals surface area contributed by atoms with Crippen molar-refractivity contribution < 1.29 is 4.39 Å². The molecule has 1 aromatic carbocycles. The Morgan fingerprint density at radius 1 is 1.31 bits per heavy atom. The molecular formula is C22H24FN5S. The maximum Gasteiger partial charge on any atom is 0.123 e. The fraction of sp³-hybridized carbons (Fsp3) is 0.273. The van der Waals surface area contributed by atoms with Gasteiger partial charge in [-0.25, -0.2) is 13.7 Å². The van der Waals surface area contributed by atoms with Crippen LogP contribution < -0.4 is 5.73 Å². The van der Waals surface area contributed by atoms with E-state index in [4.69, 9.17) is 10.7 Å². The minimum absolute atomic E-state index is 0.170. The third-order valence-electron chi connectivity index (χ3n) is 5.54. The van der Waals surface area contributed by atoms with Crippen LogP contribution in [0.15, 0.2) is 82.6 Å². The van der Waals surface area contributed by atoms with Gasteiger partial charge in [0, 0.05) is 25.6 Å². The van der Waals surface area contributed by atoms with E-state index in [0.717, 1.165) is 42.2 Å². The first kappa shape index (κ1) is 19.7. The van der Waals surface area contributed by atoms with Crippen molar-refractivity contribution in [3.8, 4) is 0 Å². The van der Waals surface area contributed by atoms with Gasteiger partial charge in [-0.05, 0) is 73.0 Å². The van der Waals surface area contributed by atoms with E-state index in [1.165, 1.54) is 17.7 Å². The number of rotatable bonds is 4. The van der Waals surface area contributed by atoms with Crippen LogP contribution in [-0.2, 0) is 7.05 Å². The lowest BCUT2D eigenvalue weighted by Gasteiger charge is -2.45. The summed E-state index contributed by atoms with van der Waals surface area (Å²) in [4.78, 5) is 4.72. The molecule has 2 heterocycles. The predicted octanol–water partition coefficient (Wildman–Crippen LogP) is 4.39. The van der Waals surface area contributed by atoms with Crippen LogP contribution in [-0.4, -0.2) is 32.9 Å². The Morgan fingerprint density at radius 3 is 2.76 bits per heavy atom. The number of hydrogen-bond acceptors (Lipinski definition) is 5. The molecule has 1 aliphatic heterocycles. The Balaban J connectivity index is 1.63. The van der Waals surface area contributed by atoms with E-state index in [1.54, 1.807) is 30.3 Å². The second-order valence-electron chi connectivity index (χ2n) is 7.37. The van der Waals surface area contributed by atoms with Gasteiger partial charge in [0.15, 0.2) is 0 Å². The fourth-order valence-electron chi connectivity index (χ4n) is 3.90. The third kappa shape index (κ3) is 3.93. The molecule has 2 N–H and O–H groups in total. The lowest BCUT2D eigenvalue weighted by atomic mass is 9.67. The van der Waals surface area contributed by atoms with E-state index in [0.29, 0.717) is 5.69 Å². The average Bonchev–Trinajstić information content (AvgIpc) is 3.13. The zero-order valence-electron chi connectivity index (χ0n) is 16.4. The number of nitrogens with zero attached hydrogens (tertiary/aromatic N) is 4. The molecule has 1 saturated heterocycles. The van der Waals surface area contributed by atoms with Crippen LogP contribution in [0.2, 0.25) is 0 Å². The summed E-state index contributed by atoms with van der Waals surface area (Å²) in [5, 5.41) is 5.37. The summed E-state index contributed by atoms with van der Waals surface area (Å²) in [6, 6.07) is 8.22. The van der Waals surface area contributed by atoms with Gasteiger partial charge in [-0.15, -0.1) is 6.58 Å². The Kier molecular flexibility index (Phi) is 5.43. The fourth-order valence-corrected chi connectivity index (χ4v) is 4.92. The SMILES string of the molecule is C=CC12CC(=CN)C(=Nc3ccc(F)cc3)C=C1CCN(Sc1ccnn1C)C2. The van der Waals surface area contributed by atoms with Gasteiger partial charge in [0.25, 0.3) is 0 Å². The molecule has 0 spiro atoms. The summed E-state index contributed by atoms with van der Waals surface area (Å²) in [6.07, 6.45) is 9.31. The van der Waals surface area contributed by atoms with E-state index >= 15 is 0 Å². The van der Waals surface area contributed by atoms with E-state index < -0.39 is 0 Å². The van der Waals surface area contributed by atoms with Gasteiger partial charge in [0.05, 0.1) is 17.6 Å². The molecule has 1 aliphatic carbocycles. The average molecular weight is 410 g/mol. The van der Waals surface area contributed by atoms with Crippen LogP contribution in [0.4, 0.5) is 10.1 Å². The highest BCUT2D eigenvalue weighted by molar-refractivity contribution is 7.97. The topological polar surface area (TPSA) is 59.4 Å². The molecule has 5 nitrogen and oxygen atoms in total. The molecule has 0 saturated carbocycles. The number of fused-ring (bicyclic) bond motifs is 1. The minimum Gasteiger partial charge on any atom is -0.404 e. The van der Waals surface area contributed by atoms with Gasteiger partial charge in [-0.2, -0.15) is 5.10 Å². The Bertz CT molecular complexity index is 1000. The van der Waals surface area contributed by atoms with Crippen molar-refractivity contribution in [2.75, 3.05) is 13.1 Å². The molecule has 29 heavy (non-hydrogen) atoms. The highest BCUT2D eigenvalue weighted by Crippen LogP contribution is 2.47. The summed E-state index contributed by atoms with van der Waals surface area (Å²) in [5.41, 5.74) is 9.66. The van der Waals surface area contributed by atoms with Gasteiger partial charge in [-0.1, -0.05) is 11.6 Å². The maximum atomic E-state index is 13.2. The number of halogens is 1. The van der Waals surface area contributed by atoms with Gasteiger partial charge in [-0.3, -0.25) is 4.68 Å². The maximum absolute atomic E-state index is 13.2. The van der Waals surface area contributed by atoms with Gasteiger partial charge in [0.2, 0.25) is 0 Å². The van der Waals surface area contributed by atoms with Gasteiger partial charge >= 0.3 is 0 Å². The highest BCUT2D eigenvalue weighted by atomic mass is 32.2. The van der Waals surface area contributed by atoms with E-state index in [9.17, 15) is 4.39 Å². The van der Waals surface area contributed by atoms with Crippen LogP contribution in [0, 0.1) is 11.2 Å². The van der Waals surface area contributed by atoms with E-state index in [2.05, 4.69) is 22.1 Å². The first-order chi connectivity index (χ1) is 14.0. The lowest BCUT2D eigenvalue weighted by Crippen LogP contribution is -2.43. The summed E-state index contributed by atoms with van der Waals surface area (Å²) in [7, 11) is 1.95. The molecule has 1 unspecified atom stereocenters. The van der Waals surface area contributed by atoms with Crippen LogP contribution in [0.5, 0.6) is 0 Å². The molecule has 1 fully saturated rings. The summed E-state index contributed by atoms with van der Waals surface area (Å²) < 4.78 is 17.5. The van der Waals surface area contributed by atoms with Crippen LogP contribution in [0.1, 0.15) is 12.8 Å². The Morgan fingerprint density at radius 2 is 2.10 bits per heavy atom. The molecule has 0 amide bonds. The zero-order chi connectivity index (χ0) is 20.4. The van der Waals surface area contributed by atoms with Gasteiger partial charge < -0.3 is 5.73 Å². The zero-order valence-corrected chi connectivity index (χ0v) is 17.2. The number of aryl methyl sites for hydroxylation is 1. The van der Waals surface area contributed by atoms with Crippen molar-refractivity contribution in [3.05, 3.63) is 78.4 Å². The van der Waals surface area contributed by atoms with Crippen LogP contribution in [0.3, 0.4) is 0 Å². The summed E-state index contributed by atoms with van der Waals surface area (Å²) >= 11 is 1.72. The number of nitrogens with two attached hydrogens (primary N) is 1. The van der Waals surface area contributed by atoms with Crippen molar-refractivity contribution in [2.45, 2.75) is 17.9 Å². The van der Waals surface area contributed by atoms with E-state index in [1.807, 2.05) is 30.1 Å². The monoisotopic (exact) mass is 409 g/mol. The number of allylic oxidation sites excluding steroid dienone is 2. The number of benzene rings is 1. The lowest BCUT2D eigenvalue weighted by molar-refractivity contribution is 0.278. The standard InChI is InChI=1S/C22H24FN5S/c1-3-22-13-16(14-24)20(26-19-6-4-18(23)5-7-19)12-17(22)9-11-28(15-22)29-21-8-10-25-27(21)2/h3-8,10,12,14H,1,9,11,13,15,24H2,2H3. The van der Waals surface area contributed by atoms with Gasteiger partial charge in [0.1, 0.15) is 10.8 Å². The molecule has 150 valence electrons. The molecule has 0 radical (unpaired) electrons. The molecule has 4 rings (SSSR count). The predicted molar refractivity (Wildman–Crippen MR) is 116 cm³/mol. The van der Waals surface area contributed by atoms with Crippen molar-refractivity contribution in [1.29, 1.82) is 0 Å². The minimum atomic E-state index is -0.269. The second kappa shape index (κ2) is 8.00. The summed E-state index contributed by atoms with van der Waals surface area (Å²) in [6.45, 7) is 5.93. The molecule has 2 aromatic rings. The van der Waals surface area contributed by atoms with Crippen molar-refractivity contribution in [1.82, 2.24) is 14.1 Å². The number of aliphatic imine (C=N–C) groups is 1. The second-order valence-corrected chi connectivity index (χ2v) is 8.49. The first-order valence-electron chi connectivity index (χ1n) is 9.54. The van der Waals surface area contributed by atoms with Crippen LogP contribution in [0.25, 0.3) is 0 Å². The number of hydrogen-bond donors (Lipinski definition) is 1. The number of aromatic nitrogens is 2. The molecule has 2 aliphatic rings. The Hall–Kier alpha value is -2.64. The molecule has 1 aromatic heterocycles. The smallest absolute Gasteiger partial charge is 0.123 e. The molecule has 0 bridgehead atoms. The highest BCUT2D eigenvalue weighted by Gasteiger charge is 2.41. The quantitative estimate of drug-likeness (QED) is 0.601. The third-order valence-corrected chi connectivity index (χ3v) is 6.70. The van der Waals surface area contributed by atoms with Crippen LogP contribution >= 0.6 is 11.9 Å². The Labute approximate surface area is 174 Å². The van der Waals surface area contributed by atoms with E-state index in [-0.39, 0.29) is 11.2 Å². The van der Waals surface area contributed by atoms with Crippen molar-refractivity contribution >= 4 is 23.3 Å². The first-order valence-corrected chi connectivity index (χ1v) is 10.3. The molecule has 1 atom stereocenters. The molecular weight excluding hydrogens is 385 g/mol. The van der Waals surface area contributed by atoms with Crippen molar-refractivity contribution in [2.24, 2.45) is 23.2 Å². The van der Waals surface area contributed by atoms with Crippen molar-refractivity contribution in [3.63, 3.8) is 0 Å². The largest absolute Gasteiger partial charge is 0.404 e. The number of piperidine rings is 1.